The van der Waals surface area contributed by atoms with Gasteiger partial charge in [-0.15, -0.1) is 0 Å². The number of nitriles is 1. The second-order valence-corrected chi connectivity index (χ2v) is 10.5. The highest BCUT2D eigenvalue weighted by molar-refractivity contribution is 5.26. The number of aryl methyl sites for hydroxylation is 1. The van der Waals surface area contributed by atoms with Crippen LogP contribution in [0.25, 0.3) is 0 Å². The zero-order valence-electron chi connectivity index (χ0n) is 20.0. The Morgan fingerprint density at radius 1 is 0.806 bits per heavy atom. The van der Waals surface area contributed by atoms with E-state index in [0.29, 0.717) is 5.92 Å². The first-order valence-electron chi connectivity index (χ1n) is 13.4. The molecular formula is C30H45N. The van der Waals surface area contributed by atoms with Crippen LogP contribution in [0.4, 0.5) is 0 Å². The monoisotopic (exact) mass is 419 g/mol. The molecule has 0 spiro atoms. The smallest absolute Gasteiger partial charge is 0.0908 e. The number of rotatable bonds is 11. The molecule has 1 heteroatoms. The van der Waals surface area contributed by atoms with Crippen molar-refractivity contribution in [2.45, 2.75) is 116 Å². The fourth-order valence-electron chi connectivity index (χ4n) is 5.99. The van der Waals surface area contributed by atoms with E-state index in [0.717, 1.165) is 17.8 Å². The molecule has 0 heterocycles. The molecule has 2 aliphatic carbocycles. The zero-order chi connectivity index (χ0) is 21.7. The van der Waals surface area contributed by atoms with Gasteiger partial charge in [-0.05, 0) is 99.0 Å². The van der Waals surface area contributed by atoms with E-state index in [1.165, 1.54) is 108 Å². The molecule has 31 heavy (non-hydrogen) atoms. The molecule has 3 rings (SSSR count). The summed E-state index contributed by atoms with van der Waals surface area (Å²) >= 11 is 0. The lowest BCUT2D eigenvalue weighted by molar-refractivity contribution is 0.246. The first-order chi connectivity index (χ1) is 15.3. The van der Waals surface area contributed by atoms with Crippen LogP contribution in [-0.4, -0.2) is 0 Å². The van der Waals surface area contributed by atoms with Crippen molar-refractivity contribution in [3.63, 3.8) is 0 Å². The molecule has 0 amide bonds. The van der Waals surface area contributed by atoms with Crippen LogP contribution in [0.3, 0.4) is 0 Å². The van der Waals surface area contributed by atoms with Crippen molar-refractivity contribution in [2.24, 2.45) is 17.8 Å². The van der Waals surface area contributed by atoms with Gasteiger partial charge in [0, 0.05) is 6.08 Å². The van der Waals surface area contributed by atoms with Crippen molar-refractivity contribution in [1.82, 2.24) is 0 Å². The van der Waals surface area contributed by atoms with Crippen LogP contribution in [0, 0.1) is 29.1 Å². The quantitative estimate of drug-likeness (QED) is 0.259. The standard InChI is InChI=1S/C30H45N/c1-2-3-4-5-6-8-25-16-20-29(21-17-25)30-22-18-28(19-23-30)15-14-27-12-10-26(11-13-27)9-7-24-31/h7,9,16-17,20-21,26-28,30H,2-6,8,10-15,18-19,22-23H2,1H3/t26-,27-,28-,30-. The van der Waals surface area contributed by atoms with Crippen LogP contribution in [0.2, 0.25) is 0 Å². The summed E-state index contributed by atoms with van der Waals surface area (Å²) in [5, 5.41) is 8.70. The average molecular weight is 420 g/mol. The van der Waals surface area contributed by atoms with Crippen LogP contribution in [0.1, 0.15) is 120 Å². The Morgan fingerprint density at radius 2 is 1.42 bits per heavy atom. The largest absolute Gasteiger partial charge is 0.193 e. The highest BCUT2D eigenvalue weighted by atomic mass is 14.3. The van der Waals surface area contributed by atoms with Gasteiger partial charge in [0.1, 0.15) is 0 Å². The summed E-state index contributed by atoms with van der Waals surface area (Å²) in [6.07, 6.45) is 25.8. The molecule has 2 fully saturated rings. The Labute approximate surface area is 192 Å². The van der Waals surface area contributed by atoms with Crippen molar-refractivity contribution in [2.75, 3.05) is 0 Å². The minimum atomic E-state index is 0.666. The SMILES string of the molecule is CCCCCCCc1ccc([C@H]2CC[C@H](CC[C@H]3CC[C@H](C=CC#N)CC3)CC2)cc1. The molecule has 1 aromatic rings. The average Bonchev–Trinajstić information content (AvgIpc) is 2.83. The molecule has 0 radical (unpaired) electrons. The first-order valence-corrected chi connectivity index (χ1v) is 13.4. The van der Waals surface area contributed by atoms with Gasteiger partial charge in [-0.25, -0.2) is 0 Å². The van der Waals surface area contributed by atoms with E-state index < -0.39 is 0 Å². The molecule has 1 nitrogen and oxygen atoms in total. The number of unbranched alkanes of at least 4 members (excludes halogenated alkanes) is 4. The molecule has 0 bridgehead atoms. The van der Waals surface area contributed by atoms with Crippen LogP contribution in [0.15, 0.2) is 36.4 Å². The minimum absolute atomic E-state index is 0.666. The van der Waals surface area contributed by atoms with E-state index in [4.69, 9.17) is 5.26 Å². The molecule has 0 atom stereocenters. The Balaban J connectivity index is 1.31. The van der Waals surface area contributed by atoms with Crippen molar-refractivity contribution in [3.05, 3.63) is 47.5 Å². The summed E-state index contributed by atoms with van der Waals surface area (Å²) in [5.74, 6) is 3.38. The van der Waals surface area contributed by atoms with Crippen molar-refractivity contribution in [3.8, 4) is 6.07 Å². The number of hydrogen-bond acceptors (Lipinski definition) is 1. The van der Waals surface area contributed by atoms with Gasteiger partial charge in [-0.2, -0.15) is 5.26 Å². The summed E-state index contributed by atoms with van der Waals surface area (Å²) in [5.41, 5.74) is 3.13. The highest BCUT2D eigenvalue weighted by Crippen LogP contribution is 2.40. The Bertz CT molecular complexity index is 663. The van der Waals surface area contributed by atoms with Gasteiger partial charge in [0.2, 0.25) is 0 Å². The summed E-state index contributed by atoms with van der Waals surface area (Å²) < 4.78 is 0. The van der Waals surface area contributed by atoms with E-state index in [9.17, 15) is 0 Å². The molecule has 0 aromatic heterocycles. The molecule has 2 aliphatic rings. The predicted octanol–water partition coefficient (Wildman–Crippen LogP) is 9.14. The summed E-state index contributed by atoms with van der Waals surface area (Å²) in [7, 11) is 0. The van der Waals surface area contributed by atoms with E-state index in [1.807, 2.05) is 0 Å². The van der Waals surface area contributed by atoms with Crippen LogP contribution >= 0.6 is 0 Å². The van der Waals surface area contributed by atoms with Crippen molar-refractivity contribution in [1.29, 1.82) is 5.26 Å². The summed E-state index contributed by atoms with van der Waals surface area (Å²) in [4.78, 5) is 0. The second kappa shape index (κ2) is 13.8. The Morgan fingerprint density at radius 3 is 2.03 bits per heavy atom. The Kier molecular flexibility index (Phi) is 10.7. The number of hydrogen-bond donors (Lipinski definition) is 0. The highest BCUT2D eigenvalue weighted by Gasteiger charge is 2.24. The van der Waals surface area contributed by atoms with E-state index in [1.54, 1.807) is 11.6 Å². The Hall–Kier alpha value is -1.55. The van der Waals surface area contributed by atoms with Crippen LogP contribution in [0.5, 0.6) is 0 Å². The molecule has 1 aromatic carbocycles. The maximum atomic E-state index is 8.70. The summed E-state index contributed by atoms with van der Waals surface area (Å²) in [6, 6.07) is 11.8. The maximum absolute atomic E-state index is 8.70. The van der Waals surface area contributed by atoms with Crippen LogP contribution < -0.4 is 0 Å². The van der Waals surface area contributed by atoms with Gasteiger partial charge >= 0.3 is 0 Å². The molecule has 0 unspecified atom stereocenters. The third-order valence-electron chi connectivity index (χ3n) is 8.18. The number of nitrogens with zero attached hydrogens (tertiary/aromatic N) is 1. The fourth-order valence-corrected chi connectivity index (χ4v) is 5.99. The topological polar surface area (TPSA) is 23.8 Å². The zero-order valence-corrected chi connectivity index (χ0v) is 20.0. The van der Waals surface area contributed by atoms with Gasteiger partial charge in [0.05, 0.1) is 6.07 Å². The van der Waals surface area contributed by atoms with Gasteiger partial charge in [0.15, 0.2) is 0 Å². The van der Waals surface area contributed by atoms with Gasteiger partial charge in [0.25, 0.3) is 0 Å². The third-order valence-corrected chi connectivity index (χ3v) is 8.18. The predicted molar refractivity (Wildman–Crippen MR) is 133 cm³/mol. The number of allylic oxidation sites excluding steroid dienone is 2. The minimum Gasteiger partial charge on any atom is -0.193 e. The molecule has 0 saturated heterocycles. The first kappa shape index (κ1) is 24.1. The molecule has 0 N–H and O–H groups in total. The third kappa shape index (κ3) is 8.48. The van der Waals surface area contributed by atoms with Crippen molar-refractivity contribution < 1.29 is 0 Å². The number of benzene rings is 1. The lowest BCUT2D eigenvalue weighted by Crippen LogP contribution is -2.17. The van der Waals surface area contributed by atoms with E-state index in [-0.39, 0.29) is 0 Å². The fraction of sp³-hybridized carbons (Fsp3) is 0.700. The molecular weight excluding hydrogens is 374 g/mol. The van der Waals surface area contributed by atoms with E-state index >= 15 is 0 Å². The van der Waals surface area contributed by atoms with Gasteiger partial charge < -0.3 is 0 Å². The van der Waals surface area contributed by atoms with Gasteiger partial charge in [-0.1, -0.05) is 75.8 Å². The molecule has 0 aliphatic heterocycles. The van der Waals surface area contributed by atoms with Crippen molar-refractivity contribution >= 4 is 0 Å². The van der Waals surface area contributed by atoms with Gasteiger partial charge in [-0.3, -0.25) is 0 Å². The normalized spacial score (nSPS) is 26.7. The lowest BCUT2D eigenvalue weighted by Gasteiger charge is -2.31. The van der Waals surface area contributed by atoms with E-state index in [2.05, 4.69) is 43.3 Å². The summed E-state index contributed by atoms with van der Waals surface area (Å²) in [6.45, 7) is 2.29. The second-order valence-electron chi connectivity index (χ2n) is 10.5. The molecule has 2 saturated carbocycles. The lowest BCUT2D eigenvalue weighted by atomic mass is 9.74. The molecule has 170 valence electrons. The maximum Gasteiger partial charge on any atom is 0.0908 e. The van der Waals surface area contributed by atoms with Crippen LogP contribution in [-0.2, 0) is 6.42 Å².